The van der Waals surface area contributed by atoms with Crippen molar-refractivity contribution in [3.8, 4) is 11.4 Å². The van der Waals surface area contributed by atoms with Gasteiger partial charge in [-0.1, -0.05) is 0 Å². The van der Waals surface area contributed by atoms with Crippen LogP contribution in [0.25, 0.3) is 5.69 Å². The van der Waals surface area contributed by atoms with Gasteiger partial charge in [-0.05, 0) is 48.5 Å². The fourth-order valence-corrected chi connectivity index (χ4v) is 3.36. The molecule has 1 aromatic heterocycles. The van der Waals surface area contributed by atoms with Gasteiger partial charge in [0.1, 0.15) is 5.75 Å². The number of benzene rings is 2. The summed E-state index contributed by atoms with van der Waals surface area (Å²) in [5.74, 6) is 0.883. The molecule has 0 aliphatic carbocycles. The highest BCUT2D eigenvalue weighted by Crippen LogP contribution is 2.23. The van der Waals surface area contributed by atoms with Crippen LogP contribution in [0.1, 0.15) is 0 Å². The molecule has 0 bridgehead atoms. The van der Waals surface area contributed by atoms with E-state index in [1.165, 1.54) is 11.4 Å². The number of nitrogens with zero attached hydrogens (tertiary/aromatic N) is 3. The Kier molecular flexibility index (Phi) is 7.14. The van der Waals surface area contributed by atoms with Gasteiger partial charge in [-0.3, -0.25) is 4.57 Å². The molecule has 0 saturated carbocycles. The Hall–Kier alpha value is -2.90. The minimum absolute atomic E-state index is 0. The summed E-state index contributed by atoms with van der Waals surface area (Å²) in [5, 5.41) is 0. The van der Waals surface area contributed by atoms with Gasteiger partial charge in [0.25, 0.3) is 0 Å². The number of piperazine rings is 1. The Morgan fingerprint density at radius 1 is 0.821 bits per heavy atom. The first kappa shape index (κ1) is 21.4. The molecule has 28 heavy (non-hydrogen) atoms. The number of aromatic nitrogens is 2. The van der Waals surface area contributed by atoms with E-state index in [1.54, 1.807) is 24.1 Å². The Labute approximate surface area is 169 Å². The number of halogens is 1. The lowest BCUT2D eigenvalue weighted by molar-refractivity contribution is 0.415. The summed E-state index contributed by atoms with van der Waals surface area (Å²) < 4.78 is 6.83. The van der Waals surface area contributed by atoms with Crippen molar-refractivity contribution in [1.82, 2.24) is 9.55 Å². The largest absolute Gasteiger partial charge is 0.497 e. The van der Waals surface area contributed by atoms with E-state index in [1.807, 2.05) is 24.3 Å². The monoisotopic (exact) mass is 404 g/mol. The van der Waals surface area contributed by atoms with Gasteiger partial charge in [0, 0.05) is 49.9 Å². The maximum Gasteiger partial charge on any atom is 0.330 e. The molecule has 8 heteroatoms. The zero-order valence-electron chi connectivity index (χ0n) is 15.7. The number of methoxy groups -OCH3 is 1. The summed E-state index contributed by atoms with van der Waals surface area (Å²) in [6.45, 7) is 3.89. The first-order valence-electron chi connectivity index (χ1n) is 8.75. The van der Waals surface area contributed by atoms with Crippen molar-refractivity contribution in [2.24, 2.45) is 0 Å². The number of ether oxygens (including phenoxy) is 1. The van der Waals surface area contributed by atoms with Gasteiger partial charge in [0.2, 0.25) is 0 Å². The van der Waals surface area contributed by atoms with Crippen LogP contribution in [-0.2, 0) is 0 Å². The number of H-pyrrole nitrogens is 1. The molecule has 150 valence electrons. The van der Waals surface area contributed by atoms with Gasteiger partial charge < -0.3 is 25.0 Å². The van der Waals surface area contributed by atoms with Crippen LogP contribution in [0.5, 0.6) is 5.75 Å². The van der Waals surface area contributed by atoms with Crippen molar-refractivity contribution < 1.29 is 10.2 Å². The number of rotatable bonds is 4. The summed E-state index contributed by atoms with van der Waals surface area (Å²) in [5.41, 5.74) is 3.17. The number of hydrogen-bond acceptors (Lipinski definition) is 4. The quantitative estimate of drug-likeness (QED) is 0.721. The Morgan fingerprint density at radius 2 is 1.29 bits per heavy atom. The molecular formula is C20H25ClN4O3. The third-order valence-electron chi connectivity index (χ3n) is 4.86. The van der Waals surface area contributed by atoms with Crippen molar-refractivity contribution in [2.75, 3.05) is 43.1 Å². The third kappa shape index (κ3) is 4.32. The molecule has 1 fully saturated rings. The molecule has 1 saturated heterocycles. The smallest absolute Gasteiger partial charge is 0.330 e. The van der Waals surface area contributed by atoms with Crippen molar-refractivity contribution in [2.45, 2.75) is 0 Å². The zero-order valence-corrected chi connectivity index (χ0v) is 16.5. The molecular weight excluding hydrogens is 380 g/mol. The van der Waals surface area contributed by atoms with Crippen LogP contribution in [0, 0.1) is 0 Å². The van der Waals surface area contributed by atoms with Gasteiger partial charge in [0.15, 0.2) is 0 Å². The van der Waals surface area contributed by atoms with E-state index in [4.69, 9.17) is 4.74 Å². The van der Waals surface area contributed by atoms with E-state index < -0.39 is 0 Å². The summed E-state index contributed by atoms with van der Waals surface area (Å²) in [7, 11) is 1.69. The predicted octanol–water partition coefficient (Wildman–Crippen LogP) is 2.10. The summed E-state index contributed by atoms with van der Waals surface area (Å²) in [6.07, 6.45) is 3.39. The second-order valence-electron chi connectivity index (χ2n) is 6.32. The molecule has 0 amide bonds. The van der Waals surface area contributed by atoms with Crippen molar-refractivity contribution in [3.05, 3.63) is 71.4 Å². The molecule has 0 spiro atoms. The van der Waals surface area contributed by atoms with E-state index in [9.17, 15) is 4.79 Å². The van der Waals surface area contributed by atoms with E-state index in [0.717, 1.165) is 37.6 Å². The lowest BCUT2D eigenvalue weighted by atomic mass is 10.2. The van der Waals surface area contributed by atoms with E-state index in [-0.39, 0.29) is 23.6 Å². The standard InChI is InChI=1S/C20H22N4O2.ClH.H2O/c1-26-19-8-6-17(7-9-19)23-14-12-22(13-15-23)16-2-4-18(5-3-16)24-11-10-21-20(24)25;;/h2-11H,12-15H2,1H3,(H,21,25);1H;1H2. The second kappa shape index (κ2) is 9.34. The third-order valence-corrected chi connectivity index (χ3v) is 4.86. The fourth-order valence-electron chi connectivity index (χ4n) is 3.36. The highest BCUT2D eigenvalue weighted by molar-refractivity contribution is 5.85. The fraction of sp³-hybridized carbons (Fsp3) is 0.250. The topological polar surface area (TPSA) is 85.0 Å². The van der Waals surface area contributed by atoms with Gasteiger partial charge in [0.05, 0.1) is 12.8 Å². The zero-order chi connectivity index (χ0) is 17.9. The van der Waals surface area contributed by atoms with Gasteiger partial charge in [-0.25, -0.2) is 4.79 Å². The molecule has 2 heterocycles. The van der Waals surface area contributed by atoms with Crippen molar-refractivity contribution >= 4 is 23.8 Å². The summed E-state index contributed by atoms with van der Waals surface area (Å²) in [4.78, 5) is 19.1. The molecule has 0 atom stereocenters. The second-order valence-corrected chi connectivity index (χ2v) is 6.32. The number of aromatic amines is 1. The first-order chi connectivity index (χ1) is 12.7. The van der Waals surface area contributed by atoms with Crippen molar-refractivity contribution in [1.29, 1.82) is 0 Å². The van der Waals surface area contributed by atoms with Crippen LogP contribution in [0.2, 0.25) is 0 Å². The Balaban J connectivity index is 0.00000140. The highest BCUT2D eigenvalue weighted by atomic mass is 35.5. The highest BCUT2D eigenvalue weighted by Gasteiger charge is 2.17. The molecule has 3 aromatic rings. The predicted molar refractivity (Wildman–Crippen MR) is 115 cm³/mol. The van der Waals surface area contributed by atoms with E-state index >= 15 is 0 Å². The Bertz CT molecular complexity index is 914. The molecule has 3 N–H and O–H groups in total. The van der Waals surface area contributed by atoms with Crippen LogP contribution in [0.15, 0.2) is 65.7 Å². The molecule has 7 nitrogen and oxygen atoms in total. The van der Waals surface area contributed by atoms with Crippen molar-refractivity contribution in [3.63, 3.8) is 0 Å². The lowest BCUT2D eigenvalue weighted by Crippen LogP contribution is -2.46. The van der Waals surface area contributed by atoms with Gasteiger partial charge in [-0.2, -0.15) is 0 Å². The normalized spacial score (nSPS) is 13.5. The minimum atomic E-state index is -0.120. The van der Waals surface area contributed by atoms with Crippen LogP contribution in [0.4, 0.5) is 11.4 Å². The van der Waals surface area contributed by atoms with E-state index in [0.29, 0.717) is 0 Å². The van der Waals surface area contributed by atoms with Gasteiger partial charge >= 0.3 is 5.69 Å². The molecule has 1 aliphatic rings. The maximum absolute atomic E-state index is 11.7. The average Bonchev–Trinajstić information content (AvgIpc) is 3.14. The lowest BCUT2D eigenvalue weighted by Gasteiger charge is -2.37. The maximum atomic E-state index is 11.7. The first-order valence-corrected chi connectivity index (χ1v) is 8.75. The average molecular weight is 405 g/mol. The molecule has 1 aliphatic heterocycles. The molecule has 2 aromatic carbocycles. The number of anilines is 2. The molecule has 0 unspecified atom stereocenters. The molecule has 4 rings (SSSR count). The van der Waals surface area contributed by atoms with Gasteiger partial charge in [-0.15, -0.1) is 12.4 Å². The van der Waals surface area contributed by atoms with Crippen LogP contribution >= 0.6 is 12.4 Å². The summed E-state index contributed by atoms with van der Waals surface area (Å²) >= 11 is 0. The summed E-state index contributed by atoms with van der Waals surface area (Å²) in [6, 6.07) is 16.4. The van der Waals surface area contributed by atoms with Crippen LogP contribution < -0.4 is 20.2 Å². The SMILES string of the molecule is COc1ccc(N2CCN(c3ccc(-n4cc[nH]c4=O)cc3)CC2)cc1.Cl.O. The Morgan fingerprint density at radius 3 is 1.71 bits per heavy atom. The van der Waals surface area contributed by atoms with E-state index in [2.05, 4.69) is 39.0 Å². The number of nitrogens with one attached hydrogen (secondary N) is 1. The van der Waals surface area contributed by atoms with Crippen LogP contribution in [0.3, 0.4) is 0 Å². The molecule has 0 radical (unpaired) electrons. The minimum Gasteiger partial charge on any atom is -0.497 e. The number of imidazole rings is 1. The number of hydrogen-bond donors (Lipinski definition) is 1. The van der Waals surface area contributed by atoms with Crippen LogP contribution in [-0.4, -0.2) is 48.3 Å².